The summed E-state index contributed by atoms with van der Waals surface area (Å²) < 4.78 is 0. The number of anilines is 1. The van der Waals surface area contributed by atoms with E-state index in [1.807, 2.05) is 20.2 Å². The molecule has 21 heavy (non-hydrogen) atoms. The maximum Gasteiger partial charge on any atom is 0.0530 e. The molecule has 0 atom stereocenters. The van der Waals surface area contributed by atoms with Crippen molar-refractivity contribution in [3.05, 3.63) is 65.0 Å². The third-order valence-electron chi connectivity index (χ3n) is 4.40. The average molecular weight is 278 g/mol. The van der Waals surface area contributed by atoms with Crippen LogP contribution in [0.2, 0.25) is 0 Å². The number of aryl methyl sites for hydroxylation is 3. The first-order valence-corrected chi connectivity index (χ1v) is 7.65. The van der Waals surface area contributed by atoms with E-state index in [0.29, 0.717) is 0 Å². The van der Waals surface area contributed by atoms with Gasteiger partial charge in [0, 0.05) is 18.3 Å². The Morgan fingerprint density at radius 2 is 1.90 bits per heavy atom. The molecule has 1 N–H and O–H groups in total. The van der Waals surface area contributed by atoms with E-state index in [2.05, 4.69) is 41.1 Å². The number of hydrogen-bond acceptors (Lipinski definition) is 2. The van der Waals surface area contributed by atoms with Gasteiger partial charge in [0.1, 0.15) is 0 Å². The Morgan fingerprint density at radius 1 is 1.14 bits per heavy atom. The topological polar surface area (TPSA) is 24.9 Å². The maximum absolute atomic E-state index is 4.46. The molecule has 1 aromatic carbocycles. The number of fused-ring (bicyclic) bond motifs is 1. The Hall–Kier alpha value is -2.09. The zero-order valence-corrected chi connectivity index (χ0v) is 12.9. The first-order chi connectivity index (χ1) is 10.2. The summed E-state index contributed by atoms with van der Waals surface area (Å²) in [6.07, 6.45) is 6.90. The van der Waals surface area contributed by atoms with Gasteiger partial charge in [-0.15, -0.1) is 0 Å². The normalized spacial score (nSPS) is 13.6. The van der Waals surface area contributed by atoms with Crippen LogP contribution in [0.25, 0.3) is 5.57 Å². The second kappa shape index (κ2) is 5.72. The molecule has 0 amide bonds. The molecule has 0 bridgehead atoms. The molecular formula is C19H22N2. The van der Waals surface area contributed by atoms with Gasteiger partial charge in [-0.2, -0.15) is 0 Å². The molecule has 0 unspecified atom stereocenters. The molecule has 1 heterocycles. The quantitative estimate of drug-likeness (QED) is 0.901. The van der Waals surface area contributed by atoms with E-state index in [1.54, 1.807) is 0 Å². The molecule has 0 radical (unpaired) electrons. The van der Waals surface area contributed by atoms with Crippen LogP contribution in [-0.2, 0) is 12.8 Å². The summed E-state index contributed by atoms with van der Waals surface area (Å²) in [5.74, 6) is 0. The van der Waals surface area contributed by atoms with Crippen molar-refractivity contribution in [3.8, 4) is 0 Å². The van der Waals surface area contributed by atoms with Crippen LogP contribution in [0.3, 0.4) is 0 Å². The summed E-state index contributed by atoms with van der Waals surface area (Å²) in [4.78, 5) is 4.46. The van der Waals surface area contributed by atoms with Crippen LogP contribution < -0.4 is 5.32 Å². The first kappa shape index (κ1) is 13.9. The van der Waals surface area contributed by atoms with Crippen LogP contribution in [-0.4, -0.2) is 12.0 Å². The van der Waals surface area contributed by atoms with E-state index >= 15 is 0 Å². The van der Waals surface area contributed by atoms with Crippen molar-refractivity contribution in [1.29, 1.82) is 0 Å². The van der Waals surface area contributed by atoms with E-state index in [1.165, 1.54) is 42.4 Å². The van der Waals surface area contributed by atoms with E-state index in [-0.39, 0.29) is 0 Å². The SMILES string of the molecule is C=C(c1ccc2c(c1)CCCC2)c1cc(NC)cnc1C. The summed E-state index contributed by atoms with van der Waals surface area (Å²) in [7, 11) is 1.91. The molecule has 3 rings (SSSR count). The van der Waals surface area contributed by atoms with Gasteiger partial charge < -0.3 is 5.32 Å². The minimum atomic E-state index is 1.02. The minimum Gasteiger partial charge on any atom is -0.387 e. The number of nitrogens with zero attached hydrogens (tertiary/aromatic N) is 1. The van der Waals surface area contributed by atoms with Crippen LogP contribution in [0.1, 0.15) is 40.8 Å². The van der Waals surface area contributed by atoms with E-state index in [0.717, 1.165) is 22.5 Å². The highest BCUT2D eigenvalue weighted by Crippen LogP contribution is 2.29. The standard InChI is InChI=1S/C19H22N2/c1-13(19-11-18(20-3)12-21-14(19)2)16-9-8-15-6-4-5-7-17(15)10-16/h8-12,20H,1,4-7H2,2-3H3. The van der Waals surface area contributed by atoms with Gasteiger partial charge in [0.25, 0.3) is 0 Å². The van der Waals surface area contributed by atoms with Crippen molar-refractivity contribution in [2.45, 2.75) is 32.6 Å². The van der Waals surface area contributed by atoms with Gasteiger partial charge >= 0.3 is 0 Å². The zero-order chi connectivity index (χ0) is 14.8. The molecule has 2 heteroatoms. The number of hydrogen-bond donors (Lipinski definition) is 1. The van der Waals surface area contributed by atoms with Gasteiger partial charge in [-0.05, 0) is 60.9 Å². The molecule has 0 saturated carbocycles. The predicted molar refractivity (Wildman–Crippen MR) is 89.7 cm³/mol. The van der Waals surface area contributed by atoms with Gasteiger partial charge in [-0.25, -0.2) is 0 Å². The Kier molecular flexibility index (Phi) is 3.78. The van der Waals surface area contributed by atoms with Gasteiger partial charge in [0.15, 0.2) is 0 Å². The molecule has 1 aromatic heterocycles. The highest BCUT2D eigenvalue weighted by Gasteiger charge is 2.13. The van der Waals surface area contributed by atoms with E-state index in [9.17, 15) is 0 Å². The second-order valence-electron chi connectivity index (χ2n) is 5.78. The highest BCUT2D eigenvalue weighted by molar-refractivity contribution is 5.80. The summed E-state index contributed by atoms with van der Waals surface area (Å²) in [5.41, 5.74) is 8.45. The second-order valence-corrected chi connectivity index (χ2v) is 5.78. The van der Waals surface area contributed by atoms with Crippen molar-refractivity contribution in [1.82, 2.24) is 4.98 Å². The largest absolute Gasteiger partial charge is 0.387 e. The Balaban J connectivity index is 1.98. The fourth-order valence-electron chi connectivity index (χ4n) is 3.05. The number of pyridine rings is 1. The van der Waals surface area contributed by atoms with Gasteiger partial charge in [0.2, 0.25) is 0 Å². The third kappa shape index (κ3) is 2.71. The van der Waals surface area contributed by atoms with E-state index < -0.39 is 0 Å². The smallest absolute Gasteiger partial charge is 0.0530 e. The van der Waals surface area contributed by atoms with Crippen LogP contribution in [0, 0.1) is 6.92 Å². The van der Waals surface area contributed by atoms with Crippen LogP contribution in [0.5, 0.6) is 0 Å². The van der Waals surface area contributed by atoms with Crippen molar-refractivity contribution in [2.24, 2.45) is 0 Å². The highest BCUT2D eigenvalue weighted by atomic mass is 14.8. The van der Waals surface area contributed by atoms with Gasteiger partial charge in [-0.1, -0.05) is 24.8 Å². The molecule has 0 fully saturated rings. The van der Waals surface area contributed by atoms with Crippen LogP contribution >= 0.6 is 0 Å². The van der Waals surface area contributed by atoms with Crippen LogP contribution in [0.15, 0.2) is 37.0 Å². The summed E-state index contributed by atoms with van der Waals surface area (Å²) in [6.45, 7) is 6.35. The number of nitrogens with one attached hydrogen (secondary N) is 1. The van der Waals surface area contributed by atoms with Crippen molar-refractivity contribution in [2.75, 3.05) is 12.4 Å². The molecule has 0 spiro atoms. The molecule has 0 aliphatic heterocycles. The lowest BCUT2D eigenvalue weighted by atomic mass is 9.88. The van der Waals surface area contributed by atoms with Gasteiger partial charge in [-0.3, -0.25) is 4.98 Å². The minimum absolute atomic E-state index is 1.02. The van der Waals surface area contributed by atoms with Gasteiger partial charge in [0.05, 0.1) is 11.9 Å². The molecule has 1 aliphatic carbocycles. The van der Waals surface area contributed by atoms with E-state index in [4.69, 9.17) is 0 Å². The lowest BCUT2D eigenvalue weighted by molar-refractivity contribution is 0.685. The molecule has 1 aliphatic rings. The number of aromatic nitrogens is 1. The maximum atomic E-state index is 4.46. The Labute approximate surface area is 126 Å². The molecular weight excluding hydrogens is 256 g/mol. The van der Waals surface area contributed by atoms with Crippen molar-refractivity contribution in [3.63, 3.8) is 0 Å². The van der Waals surface area contributed by atoms with Crippen molar-refractivity contribution >= 4 is 11.3 Å². The lowest BCUT2D eigenvalue weighted by Gasteiger charge is -2.18. The average Bonchev–Trinajstić information content (AvgIpc) is 2.54. The molecule has 2 nitrogen and oxygen atoms in total. The fraction of sp³-hybridized carbons (Fsp3) is 0.316. The number of rotatable bonds is 3. The summed E-state index contributed by atoms with van der Waals surface area (Å²) in [5, 5.41) is 3.15. The summed E-state index contributed by atoms with van der Waals surface area (Å²) >= 11 is 0. The monoisotopic (exact) mass is 278 g/mol. The first-order valence-electron chi connectivity index (χ1n) is 7.65. The summed E-state index contributed by atoms with van der Waals surface area (Å²) in [6, 6.07) is 8.93. The third-order valence-corrected chi connectivity index (χ3v) is 4.40. The molecule has 2 aromatic rings. The van der Waals surface area contributed by atoms with Crippen molar-refractivity contribution < 1.29 is 0 Å². The lowest BCUT2D eigenvalue weighted by Crippen LogP contribution is -2.03. The zero-order valence-electron chi connectivity index (χ0n) is 12.9. The van der Waals surface area contributed by atoms with Crippen LogP contribution in [0.4, 0.5) is 5.69 Å². The fourth-order valence-corrected chi connectivity index (χ4v) is 3.05. The molecule has 108 valence electrons. The predicted octanol–water partition coefficient (Wildman–Crippen LogP) is 4.37. The number of benzene rings is 1. The Bertz CT molecular complexity index is 686. The Morgan fingerprint density at radius 3 is 2.67 bits per heavy atom. The molecule has 0 saturated heterocycles.